The lowest BCUT2D eigenvalue weighted by atomic mass is 9.86. The lowest BCUT2D eigenvalue weighted by Gasteiger charge is -2.28. The van der Waals surface area contributed by atoms with Crippen molar-refractivity contribution < 1.29 is 24.0 Å². The molecule has 3 fully saturated rings. The van der Waals surface area contributed by atoms with E-state index in [-0.39, 0.29) is 30.7 Å². The quantitative estimate of drug-likeness (QED) is 0.598. The van der Waals surface area contributed by atoms with Gasteiger partial charge in [-0.15, -0.1) is 5.06 Å². The average molecular weight is 457 g/mol. The summed E-state index contributed by atoms with van der Waals surface area (Å²) in [7, 11) is 0. The van der Waals surface area contributed by atoms with E-state index < -0.39 is 17.8 Å². The predicted molar refractivity (Wildman–Crippen MR) is 118 cm³/mol. The maximum atomic E-state index is 12.4. The van der Waals surface area contributed by atoms with E-state index in [2.05, 4.69) is 21.3 Å². The first kappa shape index (κ1) is 23.4. The van der Waals surface area contributed by atoms with Gasteiger partial charge in [-0.1, -0.05) is 6.07 Å². The predicted octanol–water partition coefficient (Wildman–Crippen LogP) is 2.28. The second-order valence-corrected chi connectivity index (χ2v) is 9.19. The highest BCUT2D eigenvalue weighted by molar-refractivity contribution is 6.01. The van der Waals surface area contributed by atoms with Crippen LogP contribution in [0.4, 0.5) is 0 Å². The van der Waals surface area contributed by atoms with Crippen LogP contribution < -0.4 is 5.32 Å². The van der Waals surface area contributed by atoms with Gasteiger partial charge in [0.1, 0.15) is 0 Å². The number of likely N-dealkylation sites (tertiary alicyclic amines) is 1. The number of nitrogens with zero attached hydrogens (tertiary/aromatic N) is 3. The monoisotopic (exact) mass is 456 g/mol. The minimum absolute atomic E-state index is 0.0476. The summed E-state index contributed by atoms with van der Waals surface area (Å²) in [5.74, 6) is -1.76. The Hall–Kier alpha value is -2.81. The Morgan fingerprint density at radius 2 is 1.85 bits per heavy atom. The third-order valence-electron chi connectivity index (χ3n) is 6.89. The number of amides is 3. The van der Waals surface area contributed by atoms with Gasteiger partial charge in [-0.25, -0.2) is 4.79 Å². The van der Waals surface area contributed by atoms with Crippen LogP contribution in [0.5, 0.6) is 0 Å². The molecule has 3 heterocycles. The van der Waals surface area contributed by atoms with Crippen molar-refractivity contribution in [3.63, 3.8) is 0 Å². The number of hydrogen-bond donors (Lipinski definition) is 1. The number of carbonyl (C=O) groups excluding carboxylic acids is 4. The Kier molecular flexibility index (Phi) is 7.69. The van der Waals surface area contributed by atoms with Crippen LogP contribution in [0.1, 0.15) is 75.8 Å². The van der Waals surface area contributed by atoms with Crippen LogP contribution in [-0.4, -0.2) is 57.8 Å². The minimum atomic E-state index is -0.530. The molecule has 9 heteroatoms. The zero-order chi connectivity index (χ0) is 23.2. The van der Waals surface area contributed by atoms with E-state index >= 15 is 0 Å². The van der Waals surface area contributed by atoms with Crippen molar-refractivity contribution in [2.75, 3.05) is 13.1 Å². The van der Waals surface area contributed by atoms with Crippen molar-refractivity contribution in [3.05, 3.63) is 30.1 Å². The summed E-state index contributed by atoms with van der Waals surface area (Å²) in [6.45, 7) is 1.94. The average Bonchev–Trinajstić information content (AvgIpc) is 3.42. The molecule has 1 aromatic heterocycles. The summed E-state index contributed by atoms with van der Waals surface area (Å²) in [5.41, 5.74) is 1.24. The van der Waals surface area contributed by atoms with E-state index in [4.69, 9.17) is 4.84 Å². The number of hydroxylamine groups is 2. The first-order valence-electron chi connectivity index (χ1n) is 12.0. The van der Waals surface area contributed by atoms with Crippen LogP contribution in [0.2, 0.25) is 0 Å². The smallest absolute Gasteiger partial charge is 0.336 e. The zero-order valence-corrected chi connectivity index (χ0v) is 18.9. The fourth-order valence-corrected chi connectivity index (χ4v) is 5.08. The van der Waals surface area contributed by atoms with E-state index in [0.29, 0.717) is 43.2 Å². The molecular weight excluding hydrogens is 424 g/mol. The fourth-order valence-electron chi connectivity index (χ4n) is 5.08. The Balaban J connectivity index is 1.14. The van der Waals surface area contributed by atoms with Crippen molar-refractivity contribution in [1.29, 1.82) is 0 Å². The van der Waals surface area contributed by atoms with E-state index in [1.165, 1.54) is 5.56 Å². The van der Waals surface area contributed by atoms with Gasteiger partial charge in [0.05, 0.1) is 5.92 Å². The highest BCUT2D eigenvalue weighted by Gasteiger charge is 2.36. The molecule has 33 heavy (non-hydrogen) atoms. The third kappa shape index (κ3) is 5.96. The molecule has 0 spiro atoms. The first-order valence-corrected chi connectivity index (χ1v) is 12.0. The van der Waals surface area contributed by atoms with Crippen molar-refractivity contribution in [2.45, 2.75) is 76.3 Å². The van der Waals surface area contributed by atoms with Crippen LogP contribution in [0.3, 0.4) is 0 Å². The highest BCUT2D eigenvalue weighted by atomic mass is 16.7. The van der Waals surface area contributed by atoms with E-state index in [0.717, 1.165) is 32.4 Å². The van der Waals surface area contributed by atoms with Crippen LogP contribution >= 0.6 is 0 Å². The number of imide groups is 1. The van der Waals surface area contributed by atoms with Gasteiger partial charge >= 0.3 is 5.97 Å². The van der Waals surface area contributed by atoms with Crippen molar-refractivity contribution in [1.82, 2.24) is 20.3 Å². The third-order valence-corrected chi connectivity index (χ3v) is 6.89. The summed E-state index contributed by atoms with van der Waals surface area (Å²) < 4.78 is 0. The Morgan fingerprint density at radius 1 is 1.09 bits per heavy atom. The molecule has 9 nitrogen and oxygen atoms in total. The summed E-state index contributed by atoms with van der Waals surface area (Å²) in [6.07, 6.45) is 9.99. The molecule has 0 unspecified atom stereocenters. The highest BCUT2D eigenvalue weighted by Crippen LogP contribution is 2.31. The van der Waals surface area contributed by atoms with Gasteiger partial charge in [-0.3, -0.25) is 24.3 Å². The topological polar surface area (TPSA) is 109 Å². The standard InChI is InChI=1S/C24H32N4O5/c29-21(6-3-15-27-14-2-5-20(27)18-4-1-13-25-16-18)26-19-9-7-17(8-10-19)24(32)33-28-22(30)11-12-23(28)31/h1,4,13,16-17,19-20H,2-3,5-12,14-15H2,(H,26,29)/t17?,19?,20-/m0/s1. The molecule has 4 rings (SSSR count). The number of nitrogens with one attached hydrogen (secondary N) is 1. The fraction of sp³-hybridized carbons (Fsp3) is 0.625. The molecule has 0 radical (unpaired) electrons. The van der Waals surface area contributed by atoms with Gasteiger partial charge in [0.15, 0.2) is 0 Å². The van der Waals surface area contributed by atoms with Gasteiger partial charge in [-0.05, 0) is 69.7 Å². The number of aromatic nitrogens is 1. The molecule has 1 aliphatic carbocycles. The molecule has 2 saturated heterocycles. The van der Waals surface area contributed by atoms with E-state index in [1.807, 2.05) is 12.3 Å². The van der Waals surface area contributed by atoms with Gasteiger partial charge in [-0.2, -0.15) is 0 Å². The first-order chi connectivity index (χ1) is 16.0. The maximum Gasteiger partial charge on any atom is 0.336 e. The zero-order valence-electron chi connectivity index (χ0n) is 18.9. The molecular formula is C24H32N4O5. The molecule has 1 aromatic rings. The lowest BCUT2D eigenvalue weighted by molar-refractivity contribution is -0.201. The maximum absolute atomic E-state index is 12.4. The minimum Gasteiger partial charge on any atom is -0.353 e. The second kappa shape index (κ2) is 10.9. The van der Waals surface area contributed by atoms with Crippen LogP contribution in [0.25, 0.3) is 0 Å². The molecule has 1 atom stereocenters. The summed E-state index contributed by atoms with van der Waals surface area (Å²) >= 11 is 0. The molecule has 1 saturated carbocycles. The number of hydrogen-bond acceptors (Lipinski definition) is 7. The number of carbonyl (C=O) groups is 4. The number of pyridine rings is 1. The molecule has 0 aromatic carbocycles. The summed E-state index contributed by atoms with van der Waals surface area (Å²) in [5, 5.41) is 3.70. The lowest BCUT2D eigenvalue weighted by Crippen LogP contribution is -2.40. The largest absolute Gasteiger partial charge is 0.353 e. The van der Waals surface area contributed by atoms with Crippen molar-refractivity contribution in [2.24, 2.45) is 5.92 Å². The van der Waals surface area contributed by atoms with Crippen LogP contribution in [-0.2, 0) is 24.0 Å². The molecule has 2 aliphatic heterocycles. The molecule has 3 aliphatic rings. The van der Waals surface area contributed by atoms with Gasteiger partial charge in [0.25, 0.3) is 11.8 Å². The second-order valence-electron chi connectivity index (χ2n) is 9.19. The molecule has 0 bridgehead atoms. The number of rotatable bonds is 8. The summed E-state index contributed by atoms with van der Waals surface area (Å²) in [4.78, 5) is 59.7. The molecule has 3 amide bonds. The van der Waals surface area contributed by atoms with Gasteiger partial charge in [0, 0.05) is 43.7 Å². The SMILES string of the molecule is O=C(CCCN1CCC[C@H]1c1cccnc1)NC1CCC(C(=O)ON2C(=O)CCC2=O)CC1. The Labute approximate surface area is 193 Å². The normalized spacial score (nSPS) is 25.9. The van der Waals surface area contributed by atoms with E-state index in [9.17, 15) is 19.2 Å². The Bertz CT molecular complexity index is 853. The van der Waals surface area contributed by atoms with Crippen LogP contribution in [0.15, 0.2) is 24.5 Å². The van der Waals surface area contributed by atoms with Gasteiger partial charge < -0.3 is 10.2 Å². The van der Waals surface area contributed by atoms with Crippen molar-refractivity contribution in [3.8, 4) is 0 Å². The molecule has 178 valence electrons. The van der Waals surface area contributed by atoms with Crippen LogP contribution in [0, 0.1) is 5.92 Å². The van der Waals surface area contributed by atoms with E-state index in [1.54, 1.807) is 6.20 Å². The molecule has 1 N–H and O–H groups in total. The van der Waals surface area contributed by atoms with Gasteiger partial charge in [0.2, 0.25) is 5.91 Å². The van der Waals surface area contributed by atoms with Crippen molar-refractivity contribution >= 4 is 23.7 Å². The Morgan fingerprint density at radius 3 is 2.55 bits per heavy atom. The summed E-state index contributed by atoms with van der Waals surface area (Å²) in [6, 6.07) is 4.53.